The van der Waals surface area contributed by atoms with Crippen molar-refractivity contribution < 1.29 is 14.3 Å². The Hall–Kier alpha value is -2.19. The minimum absolute atomic E-state index is 0.00473. The van der Waals surface area contributed by atoms with Crippen molar-refractivity contribution in [1.29, 1.82) is 0 Å². The Labute approximate surface area is 157 Å². The highest BCUT2D eigenvalue weighted by Crippen LogP contribution is 2.44. The molecule has 8 nitrogen and oxygen atoms in total. The zero-order valence-corrected chi connectivity index (χ0v) is 15.4. The molecule has 0 radical (unpaired) electrons. The largest absolute Gasteiger partial charge is 0.461 e. The van der Waals surface area contributed by atoms with Crippen LogP contribution in [0.4, 0.5) is 5.82 Å². The Balaban J connectivity index is 1.25. The van der Waals surface area contributed by atoms with Crippen LogP contribution >= 0.6 is 0 Å². The third kappa shape index (κ3) is 3.06. The topological polar surface area (TPSA) is 83.6 Å². The fraction of sp³-hybridized carbons (Fsp3) is 0.632. The van der Waals surface area contributed by atoms with Gasteiger partial charge in [-0.25, -0.2) is 9.97 Å². The number of esters is 1. The fourth-order valence-electron chi connectivity index (χ4n) is 4.68. The number of aromatic nitrogens is 3. The summed E-state index contributed by atoms with van der Waals surface area (Å²) in [4.78, 5) is 29.2. The number of fused-ring (bicyclic) bond motifs is 1. The molecule has 3 saturated heterocycles. The van der Waals surface area contributed by atoms with Crippen LogP contribution in [-0.2, 0) is 14.3 Å². The minimum Gasteiger partial charge on any atom is -0.461 e. The molecule has 27 heavy (non-hydrogen) atoms. The van der Waals surface area contributed by atoms with Crippen LogP contribution in [0.3, 0.4) is 0 Å². The predicted octanol–water partition coefficient (Wildman–Crippen LogP) is 1.19. The van der Waals surface area contributed by atoms with Gasteiger partial charge in [0.2, 0.25) is 0 Å². The standard InChI is InChI=1S/C19H25N5O3/c25-18-19(11-14(27-18)12-23-7-9-26-10-8-23)2-5-24(6-3-19)17-15-1-4-20-16(15)21-13-22-17/h1,4,13-14H,2-3,5-12H2,(H,20,21,22). The summed E-state index contributed by atoms with van der Waals surface area (Å²) < 4.78 is 11.2. The van der Waals surface area contributed by atoms with Gasteiger partial charge in [0.25, 0.3) is 0 Å². The Morgan fingerprint density at radius 2 is 2.00 bits per heavy atom. The Bertz CT molecular complexity index is 824. The lowest BCUT2D eigenvalue weighted by molar-refractivity contribution is -0.150. The highest BCUT2D eigenvalue weighted by Gasteiger charge is 2.50. The zero-order chi connectivity index (χ0) is 18.3. The van der Waals surface area contributed by atoms with Crippen LogP contribution in [0.2, 0.25) is 0 Å². The maximum absolute atomic E-state index is 12.7. The number of nitrogens with zero attached hydrogens (tertiary/aromatic N) is 4. The highest BCUT2D eigenvalue weighted by atomic mass is 16.6. The number of aromatic amines is 1. The van der Waals surface area contributed by atoms with E-state index >= 15 is 0 Å². The summed E-state index contributed by atoms with van der Waals surface area (Å²) in [5, 5.41) is 1.03. The van der Waals surface area contributed by atoms with Crippen LogP contribution in [0.1, 0.15) is 19.3 Å². The Morgan fingerprint density at radius 1 is 1.19 bits per heavy atom. The fourth-order valence-corrected chi connectivity index (χ4v) is 4.68. The lowest BCUT2D eigenvalue weighted by atomic mass is 9.76. The first-order valence-electron chi connectivity index (χ1n) is 9.78. The van der Waals surface area contributed by atoms with E-state index in [1.54, 1.807) is 6.33 Å². The van der Waals surface area contributed by atoms with Gasteiger partial charge in [-0.15, -0.1) is 0 Å². The zero-order valence-electron chi connectivity index (χ0n) is 15.4. The van der Waals surface area contributed by atoms with E-state index in [-0.39, 0.29) is 17.5 Å². The van der Waals surface area contributed by atoms with Gasteiger partial charge in [-0.1, -0.05) is 0 Å². The highest BCUT2D eigenvalue weighted by molar-refractivity contribution is 5.87. The molecule has 144 valence electrons. The number of hydrogen-bond acceptors (Lipinski definition) is 7. The maximum Gasteiger partial charge on any atom is 0.312 e. The first-order valence-corrected chi connectivity index (χ1v) is 9.78. The average Bonchev–Trinajstić information content (AvgIpc) is 3.28. The SMILES string of the molecule is O=C1OC(CN2CCOCC2)CC12CCN(c1ncnc3[nH]ccc13)CC2. The number of ether oxygens (including phenoxy) is 2. The molecule has 8 heteroatoms. The van der Waals surface area contributed by atoms with Crippen molar-refractivity contribution in [2.24, 2.45) is 5.41 Å². The van der Waals surface area contributed by atoms with E-state index in [4.69, 9.17) is 9.47 Å². The first-order chi connectivity index (χ1) is 13.2. The van der Waals surface area contributed by atoms with Gasteiger partial charge in [0.15, 0.2) is 0 Å². The van der Waals surface area contributed by atoms with Crippen LogP contribution < -0.4 is 4.90 Å². The summed E-state index contributed by atoms with van der Waals surface area (Å²) in [7, 11) is 0. The van der Waals surface area contributed by atoms with Crippen LogP contribution in [-0.4, -0.2) is 77.9 Å². The van der Waals surface area contributed by atoms with Crippen molar-refractivity contribution in [2.45, 2.75) is 25.4 Å². The van der Waals surface area contributed by atoms with Gasteiger partial charge in [-0.3, -0.25) is 9.69 Å². The molecular formula is C19H25N5O3. The molecule has 0 aliphatic carbocycles. The van der Waals surface area contributed by atoms with E-state index in [1.165, 1.54) is 0 Å². The molecule has 2 aromatic heterocycles. The van der Waals surface area contributed by atoms with Crippen molar-refractivity contribution in [2.75, 3.05) is 50.8 Å². The molecule has 1 N–H and O–H groups in total. The molecule has 5 heterocycles. The van der Waals surface area contributed by atoms with Crippen LogP contribution in [0.25, 0.3) is 11.0 Å². The second kappa shape index (κ2) is 6.76. The van der Waals surface area contributed by atoms with Gasteiger partial charge < -0.3 is 19.4 Å². The number of anilines is 1. The second-order valence-corrected chi connectivity index (χ2v) is 7.85. The Morgan fingerprint density at radius 3 is 2.81 bits per heavy atom. The second-order valence-electron chi connectivity index (χ2n) is 7.85. The summed E-state index contributed by atoms with van der Waals surface area (Å²) in [5.41, 5.74) is 0.531. The lowest BCUT2D eigenvalue weighted by Gasteiger charge is -2.37. The van der Waals surface area contributed by atoms with Crippen molar-refractivity contribution in [1.82, 2.24) is 19.9 Å². The summed E-state index contributed by atoms with van der Waals surface area (Å²) >= 11 is 0. The van der Waals surface area contributed by atoms with E-state index < -0.39 is 0 Å². The number of carbonyl (C=O) groups excluding carboxylic acids is 1. The van der Waals surface area contributed by atoms with Gasteiger partial charge in [0.05, 0.1) is 24.0 Å². The molecule has 3 aliphatic heterocycles. The molecule has 0 bridgehead atoms. The number of carbonyl (C=O) groups is 1. The number of cyclic esters (lactones) is 1. The van der Waals surface area contributed by atoms with Crippen molar-refractivity contribution in [3.05, 3.63) is 18.6 Å². The molecule has 0 amide bonds. The van der Waals surface area contributed by atoms with Gasteiger partial charge in [0.1, 0.15) is 23.9 Å². The predicted molar refractivity (Wildman–Crippen MR) is 99.5 cm³/mol. The number of rotatable bonds is 3. The van der Waals surface area contributed by atoms with Crippen molar-refractivity contribution in [3.8, 4) is 0 Å². The van der Waals surface area contributed by atoms with Gasteiger partial charge >= 0.3 is 5.97 Å². The van der Waals surface area contributed by atoms with E-state index in [0.717, 1.165) is 82.1 Å². The molecule has 0 saturated carbocycles. The lowest BCUT2D eigenvalue weighted by Crippen LogP contribution is -2.43. The first kappa shape index (κ1) is 16.9. The van der Waals surface area contributed by atoms with Gasteiger partial charge in [-0.05, 0) is 18.9 Å². The monoisotopic (exact) mass is 371 g/mol. The molecule has 3 fully saturated rings. The Kier molecular flexibility index (Phi) is 4.24. The molecule has 0 aromatic carbocycles. The van der Waals surface area contributed by atoms with E-state index in [9.17, 15) is 4.79 Å². The maximum atomic E-state index is 12.7. The molecule has 2 aromatic rings. The third-order valence-corrected chi connectivity index (χ3v) is 6.24. The van der Waals surface area contributed by atoms with Gasteiger partial charge in [-0.2, -0.15) is 0 Å². The summed E-state index contributed by atoms with van der Waals surface area (Å²) in [6.07, 6.45) is 5.97. The van der Waals surface area contributed by atoms with E-state index in [0.29, 0.717) is 0 Å². The van der Waals surface area contributed by atoms with Gasteiger partial charge in [0, 0.05) is 45.3 Å². The number of H-pyrrole nitrogens is 1. The normalized spacial score (nSPS) is 26.0. The van der Waals surface area contributed by atoms with E-state index in [2.05, 4.69) is 24.8 Å². The number of nitrogens with one attached hydrogen (secondary N) is 1. The number of piperidine rings is 1. The van der Waals surface area contributed by atoms with Crippen molar-refractivity contribution >= 4 is 22.8 Å². The average molecular weight is 371 g/mol. The smallest absolute Gasteiger partial charge is 0.312 e. The number of hydrogen-bond donors (Lipinski definition) is 1. The molecular weight excluding hydrogens is 346 g/mol. The minimum atomic E-state index is -0.322. The van der Waals surface area contributed by atoms with Crippen LogP contribution in [0.5, 0.6) is 0 Å². The van der Waals surface area contributed by atoms with Crippen LogP contribution in [0.15, 0.2) is 18.6 Å². The van der Waals surface area contributed by atoms with Crippen molar-refractivity contribution in [3.63, 3.8) is 0 Å². The molecule has 5 rings (SSSR count). The molecule has 1 unspecified atom stereocenters. The quantitative estimate of drug-likeness (QED) is 0.812. The molecule has 3 aliphatic rings. The summed E-state index contributed by atoms with van der Waals surface area (Å²) in [6.45, 7) is 5.86. The molecule has 1 atom stereocenters. The summed E-state index contributed by atoms with van der Waals surface area (Å²) in [5.74, 6) is 0.946. The van der Waals surface area contributed by atoms with E-state index in [1.807, 2.05) is 12.3 Å². The third-order valence-electron chi connectivity index (χ3n) is 6.24. The number of morpholine rings is 1. The van der Waals surface area contributed by atoms with Crippen LogP contribution in [0, 0.1) is 5.41 Å². The molecule has 1 spiro atoms. The summed E-state index contributed by atoms with van der Waals surface area (Å²) in [6, 6.07) is 2.01.